The summed E-state index contributed by atoms with van der Waals surface area (Å²) in [5.74, 6) is 0. The van der Waals surface area contributed by atoms with Gasteiger partial charge in [0.2, 0.25) is 0 Å². The van der Waals surface area contributed by atoms with Crippen LogP contribution in [0, 0.1) is 6.92 Å². The summed E-state index contributed by atoms with van der Waals surface area (Å²) in [6.45, 7) is 1.44. The number of ether oxygens (including phenoxy) is 1. The van der Waals surface area contributed by atoms with Crippen molar-refractivity contribution in [2.75, 3.05) is 13.2 Å². The van der Waals surface area contributed by atoms with Gasteiger partial charge in [-0.2, -0.15) is 8.42 Å². The SMILES string of the molecule is Cc1ccc(S(=O)(=O)OC[C@@H](O)[C@H](O)COCc2ccccc2)cc1. The number of benzene rings is 2. The third-order valence-electron chi connectivity index (χ3n) is 3.55. The second-order valence-electron chi connectivity index (χ2n) is 5.69. The van der Waals surface area contributed by atoms with Crippen LogP contribution in [-0.4, -0.2) is 44.1 Å². The molecule has 0 aliphatic rings. The topological polar surface area (TPSA) is 93.1 Å². The maximum absolute atomic E-state index is 12.0. The first-order valence-electron chi connectivity index (χ1n) is 7.82. The minimum Gasteiger partial charge on any atom is -0.388 e. The van der Waals surface area contributed by atoms with Crippen molar-refractivity contribution in [1.82, 2.24) is 0 Å². The monoisotopic (exact) mass is 366 g/mol. The van der Waals surface area contributed by atoms with E-state index in [1.807, 2.05) is 37.3 Å². The van der Waals surface area contributed by atoms with E-state index in [9.17, 15) is 18.6 Å². The maximum Gasteiger partial charge on any atom is 0.297 e. The van der Waals surface area contributed by atoms with E-state index in [1.54, 1.807) is 12.1 Å². The summed E-state index contributed by atoms with van der Waals surface area (Å²) >= 11 is 0. The van der Waals surface area contributed by atoms with Gasteiger partial charge in [-0.1, -0.05) is 48.0 Å². The smallest absolute Gasteiger partial charge is 0.297 e. The highest BCUT2D eigenvalue weighted by atomic mass is 32.2. The van der Waals surface area contributed by atoms with E-state index in [-0.39, 0.29) is 18.1 Å². The van der Waals surface area contributed by atoms with Gasteiger partial charge in [0.05, 0.1) is 24.7 Å². The zero-order valence-corrected chi connectivity index (χ0v) is 14.7. The van der Waals surface area contributed by atoms with Crippen molar-refractivity contribution in [2.45, 2.75) is 30.6 Å². The molecule has 136 valence electrons. The molecular weight excluding hydrogens is 344 g/mol. The zero-order valence-electron chi connectivity index (χ0n) is 13.9. The average Bonchev–Trinajstić information content (AvgIpc) is 2.61. The largest absolute Gasteiger partial charge is 0.388 e. The average molecular weight is 366 g/mol. The Labute approximate surface area is 147 Å². The Bertz CT molecular complexity index is 743. The Kier molecular flexibility index (Phi) is 7.10. The molecule has 0 aliphatic carbocycles. The fraction of sp³-hybridized carbons (Fsp3) is 0.333. The van der Waals surface area contributed by atoms with Gasteiger partial charge in [-0.3, -0.25) is 4.18 Å². The first-order valence-corrected chi connectivity index (χ1v) is 9.23. The standard InChI is InChI=1S/C18H22O6S/c1-14-7-9-16(10-8-14)25(21,22)24-13-18(20)17(19)12-23-11-15-5-3-2-4-6-15/h2-10,17-20H,11-13H2,1H3/t17-,18-/m1/s1. The van der Waals surface area contributed by atoms with Gasteiger partial charge in [0.25, 0.3) is 10.1 Å². The van der Waals surface area contributed by atoms with Gasteiger partial charge in [0.15, 0.2) is 0 Å². The predicted octanol–water partition coefficient (Wildman–Crippen LogP) is 1.64. The number of hydrogen-bond donors (Lipinski definition) is 2. The van der Waals surface area contributed by atoms with Crippen molar-refractivity contribution in [3.05, 3.63) is 65.7 Å². The van der Waals surface area contributed by atoms with E-state index in [1.165, 1.54) is 12.1 Å². The molecule has 0 aromatic heterocycles. The van der Waals surface area contributed by atoms with Crippen LogP contribution >= 0.6 is 0 Å². The summed E-state index contributed by atoms with van der Waals surface area (Å²) in [5, 5.41) is 19.7. The Hall–Kier alpha value is -1.77. The molecule has 2 aromatic rings. The van der Waals surface area contributed by atoms with Crippen LogP contribution in [0.3, 0.4) is 0 Å². The minimum atomic E-state index is -3.98. The van der Waals surface area contributed by atoms with Crippen LogP contribution in [0.15, 0.2) is 59.5 Å². The quantitative estimate of drug-likeness (QED) is 0.656. The maximum atomic E-state index is 12.0. The van der Waals surface area contributed by atoms with E-state index >= 15 is 0 Å². The predicted molar refractivity (Wildman–Crippen MR) is 92.4 cm³/mol. The van der Waals surface area contributed by atoms with E-state index in [2.05, 4.69) is 0 Å². The number of hydrogen-bond acceptors (Lipinski definition) is 6. The van der Waals surface area contributed by atoms with E-state index in [4.69, 9.17) is 8.92 Å². The van der Waals surface area contributed by atoms with Crippen LogP contribution in [0.2, 0.25) is 0 Å². The first kappa shape index (κ1) is 19.6. The second kappa shape index (κ2) is 9.07. The van der Waals surface area contributed by atoms with Crippen LogP contribution in [-0.2, 0) is 25.6 Å². The Morgan fingerprint density at radius 3 is 2.16 bits per heavy atom. The zero-order chi connectivity index (χ0) is 18.3. The van der Waals surface area contributed by atoms with Gasteiger partial charge in [0.1, 0.15) is 12.2 Å². The van der Waals surface area contributed by atoms with Crippen LogP contribution < -0.4 is 0 Å². The number of aliphatic hydroxyl groups is 2. The molecule has 0 saturated carbocycles. The molecule has 0 unspecified atom stereocenters. The van der Waals surface area contributed by atoms with Gasteiger partial charge >= 0.3 is 0 Å². The lowest BCUT2D eigenvalue weighted by atomic mass is 10.2. The van der Waals surface area contributed by atoms with E-state index in [0.29, 0.717) is 0 Å². The molecule has 2 rings (SSSR count). The number of aliphatic hydroxyl groups excluding tert-OH is 2. The fourth-order valence-electron chi connectivity index (χ4n) is 2.03. The van der Waals surface area contributed by atoms with Gasteiger partial charge in [-0.25, -0.2) is 0 Å². The van der Waals surface area contributed by atoms with Crippen molar-refractivity contribution >= 4 is 10.1 Å². The summed E-state index contributed by atoms with van der Waals surface area (Å²) in [7, 11) is -3.98. The second-order valence-corrected chi connectivity index (χ2v) is 7.30. The molecule has 0 bridgehead atoms. The Balaban J connectivity index is 1.78. The van der Waals surface area contributed by atoms with Crippen molar-refractivity contribution in [2.24, 2.45) is 0 Å². The fourth-order valence-corrected chi connectivity index (χ4v) is 2.95. The molecule has 2 N–H and O–H groups in total. The molecule has 0 heterocycles. The van der Waals surface area contributed by atoms with E-state index in [0.717, 1.165) is 11.1 Å². The van der Waals surface area contributed by atoms with E-state index < -0.39 is 28.9 Å². The van der Waals surface area contributed by atoms with Crippen molar-refractivity contribution in [3.8, 4) is 0 Å². The van der Waals surface area contributed by atoms with Crippen LogP contribution in [0.1, 0.15) is 11.1 Å². The lowest BCUT2D eigenvalue weighted by Gasteiger charge is -2.18. The highest BCUT2D eigenvalue weighted by molar-refractivity contribution is 7.86. The van der Waals surface area contributed by atoms with Crippen molar-refractivity contribution in [3.63, 3.8) is 0 Å². The van der Waals surface area contributed by atoms with Crippen molar-refractivity contribution in [1.29, 1.82) is 0 Å². The molecule has 6 nitrogen and oxygen atoms in total. The summed E-state index contributed by atoms with van der Waals surface area (Å²) in [5.41, 5.74) is 1.85. The highest BCUT2D eigenvalue weighted by Crippen LogP contribution is 2.14. The molecule has 0 aliphatic heterocycles. The lowest BCUT2D eigenvalue weighted by molar-refractivity contribution is -0.0556. The Morgan fingerprint density at radius 1 is 0.920 bits per heavy atom. The minimum absolute atomic E-state index is 0.000109. The number of aryl methyl sites for hydroxylation is 1. The molecule has 0 amide bonds. The van der Waals surface area contributed by atoms with Crippen LogP contribution in [0.4, 0.5) is 0 Å². The molecule has 2 atom stereocenters. The summed E-state index contributed by atoms with van der Waals surface area (Å²) in [4.78, 5) is 0.000109. The van der Waals surface area contributed by atoms with Gasteiger partial charge < -0.3 is 14.9 Å². The molecule has 0 radical (unpaired) electrons. The van der Waals surface area contributed by atoms with Gasteiger partial charge in [0, 0.05) is 0 Å². The molecule has 0 saturated heterocycles. The summed E-state index contributed by atoms with van der Waals surface area (Å²) in [6.07, 6.45) is -2.63. The normalized spacial score (nSPS) is 14.2. The molecular formula is C18H22O6S. The van der Waals surface area contributed by atoms with Gasteiger partial charge in [-0.15, -0.1) is 0 Å². The first-order chi connectivity index (χ1) is 11.9. The van der Waals surface area contributed by atoms with Crippen LogP contribution in [0.5, 0.6) is 0 Å². The summed E-state index contributed by atoms with van der Waals surface area (Å²) in [6, 6.07) is 15.5. The lowest BCUT2D eigenvalue weighted by Crippen LogP contribution is -2.35. The summed E-state index contributed by atoms with van der Waals surface area (Å²) < 4.78 is 34.2. The van der Waals surface area contributed by atoms with Crippen molar-refractivity contribution < 1.29 is 27.6 Å². The molecule has 0 fully saturated rings. The number of rotatable bonds is 9. The highest BCUT2D eigenvalue weighted by Gasteiger charge is 2.22. The molecule has 2 aromatic carbocycles. The third-order valence-corrected chi connectivity index (χ3v) is 4.84. The molecule has 25 heavy (non-hydrogen) atoms. The molecule has 7 heteroatoms. The third kappa shape index (κ3) is 6.22. The molecule has 0 spiro atoms. The van der Waals surface area contributed by atoms with Crippen LogP contribution in [0.25, 0.3) is 0 Å². The Morgan fingerprint density at radius 2 is 1.52 bits per heavy atom. The van der Waals surface area contributed by atoms with Gasteiger partial charge in [-0.05, 0) is 24.6 Å².